The quantitative estimate of drug-likeness (QED) is 0.622. The van der Waals surface area contributed by atoms with E-state index in [1.165, 1.54) is 62.7 Å². The van der Waals surface area contributed by atoms with E-state index < -0.39 is 0 Å². The number of hydrogen-bond acceptors (Lipinski definition) is 2. The molecule has 0 radical (unpaired) electrons. The Morgan fingerprint density at radius 1 is 1.04 bits per heavy atom. The van der Waals surface area contributed by atoms with Crippen LogP contribution in [-0.4, -0.2) is 36.5 Å². The van der Waals surface area contributed by atoms with Crippen molar-refractivity contribution < 1.29 is 0 Å². The minimum Gasteiger partial charge on any atom is -0.357 e. The van der Waals surface area contributed by atoms with Crippen LogP contribution in [0.5, 0.6) is 0 Å². The molecular weight excluding hydrogens is 296 g/mol. The van der Waals surface area contributed by atoms with Gasteiger partial charge < -0.3 is 10.6 Å². The van der Waals surface area contributed by atoms with Gasteiger partial charge in [0.2, 0.25) is 0 Å². The second-order valence-electron chi connectivity index (χ2n) is 7.12. The van der Waals surface area contributed by atoms with Gasteiger partial charge in [0.25, 0.3) is 0 Å². The predicted octanol–water partition coefficient (Wildman–Crippen LogP) is 3.28. The molecule has 1 aromatic rings. The van der Waals surface area contributed by atoms with E-state index in [1.54, 1.807) is 0 Å². The first kappa shape index (κ1) is 17.3. The van der Waals surface area contributed by atoms with Gasteiger partial charge in [0.15, 0.2) is 5.96 Å². The molecule has 0 amide bonds. The number of nitrogens with one attached hydrogen (secondary N) is 2. The van der Waals surface area contributed by atoms with Crippen molar-refractivity contribution >= 4 is 5.96 Å². The molecule has 1 aliphatic heterocycles. The molecule has 1 saturated heterocycles. The number of aliphatic imine (C=N–C) groups is 1. The Morgan fingerprint density at radius 3 is 2.33 bits per heavy atom. The second-order valence-corrected chi connectivity index (χ2v) is 7.12. The van der Waals surface area contributed by atoms with Crippen LogP contribution in [0.15, 0.2) is 29.3 Å². The third-order valence-corrected chi connectivity index (χ3v) is 4.81. The molecule has 1 aromatic carbocycles. The van der Waals surface area contributed by atoms with Crippen molar-refractivity contribution in [2.24, 2.45) is 4.99 Å². The van der Waals surface area contributed by atoms with Crippen LogP contribution in [0.25, 0.3) is 0 Å². The van der Waals surface area contributed by atoms with Gasteiger partial charge in [-0.3, -0.25) is 4.90 Å². The molecule has 0 bridgehead atoms. The summed E-state index contributed by atoms with van der Waals surface area (Å²) in [6.07, 6.45) is 8.06. The summed E-state index contributed by atoms with van der Waals surface area (Å²) in [6.45, 7) is 7.37. The SMILES string of the molecule is CCNC(=NCc1ccc(CN2CCCCCC2)cc1)NC1CC1. The maximum atomic E-state index is 4.71. The average Bonchev–Trinajstić information content (AvgIpc) is 3.42. The third kappa shape index (κ3) is 5.82. The highest BCUT2D eigenvalue weighted by molar-refractivity contribution is 5.80. The summed E-state index contributed by atoms with van der Waals surface area (Å²) in [7, 11) is 0. The lowest BCUT2D eigenvalue weighted by Crippen LogP contribution is -2.38. The Balaban J connectivity index is 1.51. The minimum absolute atomic E-state index is 0.638. The van der Waals surface area contributed by atoms with E-state index in [4.69, 9.17) is 4.99 Å². The fourth-order valence-corrected chi connectivity index (χ4v) is 3.21. The molecule has 0 aromatic heterocycles. The van der Waals surface area contributed by atoms with Crippen molar-refractivity contribution in [1.82, 2.24) is 15.5 Å². The van der Waals surface area contributed by atoms with Gasteiger partial charge in [-0.1, -0.05) is 37.1 Å². The molecule has 1 saturated carbocycles. The van der Waals surface area contributed by atoms with Crippen molar-refractivity contribution in [2.45, 2.75) is 64.6 Å². The molecule has 4 nitrogen and oxygen atoms in total. The first-order chi connectivity index (χ1) is 11.8. The topological polar surface area (TPSA) is 39.7 Å². The molecule has 3 rings (SSSR count). The normalized spacial score (nSPS) is 19.8. The Hall–Kier alpha value is -1.55. The molecule has 24 heavy (non-hydrogen) atoms. The maximum absolute atomic E-state index is 4.71. The van der Waals surface area contributed by atoms with E-state index >= 15 is 0 Å². The first-order valence-electron chi connectivity index (χ1n) is 9.68. The fourth-order valence-electron chi connectivity index (χ4n) is 3.21. The summed E-state index contributed by atoms with van der Waals surface area (Å²) >= 11 is 0. The van der Waals surface area contributed by atoms with Gasteiger partial charge in [0, 0.05) is 19.1 Å². The van der Waals surface area contributed by atoms with Crippen molar-refractivity contribution in [3.63, 3.8) is 0 Å². The van der Waals surface area contributed by atoms with Gasteiger partial charge in [-0.2, -0.15) is 0 Å². The largest absolute Gasteiger partial charge is 0.357 e. The molecule has 2 aliphatic rings. The van der Waals surface area contributed by atoms with E-state index in [1.807, 2.05) is 0 Å². The minimum atomic E-state index is 0.638. The van der Waals surface area contributed by atoms with Crippen molar-refractivity contribution in [1.29, 1.82) is 0 Å². The van der Waals surface area contributed by atoms with E-state index in [0.717, 1.165) is 25.6 Å². The zero-order valence-corrected chi connectivity index (χ0v) is 15.1. The summed E-state index contributed by atoms with van der Waals surface area (Å²) in [5, 5.41) is 6.79. The molecule has 132 valence electrons. The van der Waals surface area contributed by atoms with Crippen LogP contribution in [0.4, 0.5) is 0 Å². The monoisotopic (exact) mass is 328 g/mol. The third-order valence-electron chi connectivity index (χ3n) is 4.81. The molecule has 2 fully saturated rings. The van der Waals surface area contributed by atoms with Crippen LogP contribution in [0.3, 0.4) is 0 Å². The summed E-state index contributed by atoms with van der Waals surface area (Å²) in [5.41, 5.74) is 2.70. The molecule has 2 N–H and O–H groups in total. The molecule has 0 unspecified atom stereocenters. The van der Waals surface area contributed by atoms with Crippen molar-refractivity contribution in [3.05, 3.63) is 35.4 Å². The first-order valence-corrected chi connectivity index (χ1v) is 9.68. The number of rotatable bonds is 6. The second kappa shape index (κ2) is 9.07. The van der Waals surface area contributed by atoms with E-state index in [0.29, 0.717) is 6.04 Å². The number of likely N-dealkylation sites (tertiary alicyclic amines) is 1. The van der Waals surface area contributed by atoms with Gasteiger partial charge >= 0.3 is 0 Å². The van der Waals surface area contributed by atoms with E-state index in [9.17, 15) is 0 Å². The fraction of sp³-hybridized carbons (Fsp3) is 0.650. The Morgan fingerprint density at radius 2 is 1.71 bits per heavy atom. The number of hydrogen-bond donors (Lipinski definition) is 2. The molecule has 4 heteroatoms. The lowest BCUT2D eigenvalue weighted by molar-refractivity contribution is 0.277. The van der Waals surface area contributed by atoms with Crippen molar-refractivity contribution in [3.8, 4) is 0 Å². The van der Waals surface area contributed by atoms with Crippen LogP contribution in [0.1, 0.15) is 56.6 Å². The number of benzene rings is 1. The van der Waals surface area contributed by atoms with Crippen LogP contribution in [0, 0.1) is 0 Å². The molecule has 1 aliphatic carbocycles. The molecule has 1 heterocycles. The van der Waals surface area contributed by atoms with Gasteiger partial charge in [-0.15, -0.1) is 0 Å². The lowest BCUT2D eigenvalue weighted by atomic mass is 10.1. The lowest BCUT2D eigenvalue weighted by Gasteiger charge is -2.19. The number of nitrogens with zero attached hydrogens (tertiary/aromatic N) is 2. The highest BCUT2D eigenvalue weighted by Gasteiger charge is 2.22. The van der Waals surface area contributed by atoms with E-state index in [-0.39, 0.29) is 0 Å². The Labute approximate surface area is 146 Å². The summed E-state index contributed by atoms with van der Waals surface area (Å²) < 4.78 is 0. The highest BCUT2D eigenvalue weighted by Crippen LogP contribution is 2.18. The predicted molar refractivity (Wildman–Crippen MR) is 101 cm³/mol. The number of guanidine groups is 1. The van der Waals surface area contributed by atoms with E-state index in [2.05, 4.69) is 46.7 Å². The zero-order chi connectivity index (χ0) is 16.6. The standard InChI is InChI=1S/C20H32N4/c1-2-21-20(23-19-11-12-19)22-15-17-7-9-18(10-8-17)16-24-13-5-3-4-6-14-24/h7-10,19H,2-6,11-16H2,1H3,(H2,21,22,23). The van der Waals surface area contributed by atoms with Gasteiger partial charge in [0.05, 0.1) is 6.54 Å². The van der Waals surface area contributed by atoms with Crippen LogP contribution < -0.4 is 10.6 Å². The van der Waals surface area contributed by atoms with Gasteiger partial charge in [-0.25, -0.2) is 4.99 Å². The summed E-state index contributed by atoms with van der Waals surface area (Å²) in [4.78, 5) is 7.31. The Kier molecular flexibility index (Phi) is 6.53. The molecule has 0 spiro atoms. The highest BCUT2D eigenvalue weighted by atomic mass is 15.2. The zero-order valence-electron chi connectivity index (χ0n) is 15.1. The summed E-state index contributed by atoms with van der Waals surface area (Å²) in [5.74, 6) is 0.952. The van der Waals surface area contributed by atoms with Crippen LogP contribution in [-0.2, 0) is 13.1 Å². The molecule has 0 atom stereocenters. The average molecular weight is 329 g/mol. The van der Waals surface area contributed by atoms with Crippen molar-refractivity contribution in [2.75, 3.05) is 19.6 Å². The van der Waals surface area contributed by atoms with Gasteiger partial charge in [-0.05, 0) is 56.8 Å². The maximum Gasteiger partial charge on any atom is 0.191 e. The van der Waals surface area contributed by atoms with Crippen LogP contribution >= 0.6 is 0 Å². The Bertz CT molecular complexity index is 511. The summed E-state index contributed by atoms with van der Waals surface area (Å²) in [6, 6.07) is 9.65. The smallest absolute Gasteiger partial charge is 0.191 e. The van der Waals surface area contributed by atoms with Crippen LogP contribution in [0.2, 0.25) is 0 Å². The van der Waals surface area contributed by atoms with Gasteiger partial charge in [0.1, 0.15) is 0 Å². The molecular formula is C20H32N4.